The fourth-order valence-electron chi connectivity index (χ4n) is 3.84. The van der Waals surface area contributed by atoms with Crippen LogP contribution in [-0.2, 0) is 21.4 Å². The third-order valence-corrected chi connectivity index (χ3v) is 7.84. The molecule has 4 aromatic rings. The smallest absolute Gasteiger partial charge is 0.255 e. The van der Waals surface area contributed by atoms with Crippen LogP contribution in [-0.4, -0.2) is 36.0 Å². The lowest BCUT2D eigenvalue weighted by Gasteiger charge is -2.20. The fourth-order valence-corrected chi connectivity index (χ4v) is 5.61. The first-order valence-corrected chi connectivity index (χ1v) is 13.3. The number of furan rings is 1. The van der Waals surface area contributed by atoms with E-state index in [1.807, 2.05) is 44.2 Å². The topological polar surface area (TPSA) is 96.9 Å². The molecule has 2 aromatic heterocycles. The van der Waals surface area contributed by atoms with Crippen molar-refractivity contribution in [3.63, 3.8) is 0 Å². The molecule has 0 saturated heterocycles. The van der Waals surface area contributed by atoms with Gasteiger partial charge in [0.25, 0.3) is 5.91 Å². The Morgan fingerprint density at radius 3 is 2.56 bits per heavy atom. The van der Waals surface area contributed by atoms with Crippen molar-refractivity contribution in [2.24, 2.45) is 5.10 Å². The Hall–Kier alpha value is -3.47. The molecular weight excluding hydrogens is 544 g/mol. The quantitative estimate of drug-likeness (QED) is 0.232. The highest BCUT2D eigenvalue weighted by molar-refractivity contribution is 9.10. The lowest BCUT2D eigenvalue weighted by molar-refractivity contribution is -0.121. The number of aryl methyl sites for hydroxylation is 1. The minimum absolute atomic E-state index is 0.0881. The van der Waals surface area contributed by atoms with Crippen LogP contribution in [0, 0.1) is 13.8 Å². The average molecular weight is 569 g/mol. The molecule has 1 N–H and O–H groups in total. The summed E-state index contributed by atoms with van der Waals surface area (Å²) in [5, 5.41) is 4.08. The van der Waals surface area contributed by atoms with E-state index in [4.69, 9.17) is 4.42 Å². The summed E-state index contributed by atoms with van der Waals surface area (Å²) in [7, 11) is -3.94. The molecule has 2 aromatic carbocycles. The SMILES string of the molecule is Cc1cc(/C=N/NC(=O)CN(Cc2ccco2)S(=O)(=O)c2ccccc2)c(C)n1-c1cccc(Br)c1. The lowest BCUT2D eigenvalue weighted by atomic mass is 10.2. The van der Waals surface area contributed by atoms with Gasteiger partial charge < -0.3 is 8.98 Å². The maximum atomic E-state index is 13.2. The van der Waals surface area contributed by atoms with Crippen LogP contribution in [0.15, 0.2) is 97.9 Å². The predicted octanol–water partition coefficient (Wildman–Crippen LogP) is 4.79. The molecular formula is C26H25BrN4O4S. The molecule has 0 atom stereocenters. The molecule has 0 radical (unpaired) electrons. The normalized spacial score (nSPS) is 11.9. The Morgan fingerprint density at radius 1 is 1.08 bits per heavy atom. The first kappa shape index (κ1) is 25.6. The van der Waals surface area contributed by atoms with Crippen LogP contribution in [0.4, 0.5) is 0 Å². The second-order valence-electron chi connectivity index (χ2n) is 8.10. The minimum Gasteiger partial charge on any atom is -0.468 e. The van der Waals surface area contributed by atoms with Crippen molar-refractivity contribution in [1.82, 2.24) is 14.3 Å². The van der Waals surface area contributed by atoms with E-state index in [0.29, 0.717) is 5.76 Å². The second-order valence-corrected chi connectivity index (χ2v) is 11.0. The molecule has 0 saturated carbocycles. The molecule has 36 heavy (non-hydrogen) atoms. The number of nitrogens with one attached hydrogen (secondary N) is 1. The first-order chi connectivity index (χ1) is 17.3. The molecule has 0 spiro atoms. The molecule has 2 heterocycles. The summed E-state index contributed by atoms with van der Waals surface area (Å²) in [5.41, 5.74) is 6.24. The molecule has 8 nitrogen and oxygen atoms in total. The van der Waals surface area contributed by atoms with Crippen molar-refractivity contribution in [3.05, 3.63) is 106 Å². The van der Waals surface area contributed by atoms with Crippen molar-refractivity contribution >= 4 is 38.1 Å². The number of hydrogen-bond acceptors (Lipinski definition) is 5. The number of aromatic nitrogens is 1. The summed E-state index contributed by atoms with van der Waals surface area (Å²) in [6, 6.07) is 21.2. The number of sulfonamides is 1. The van der Waals surface area contributed by atoms with Crippen LogP contribution in [0.3, 0.4) is 0 Å². The standard InChI is InChI=1S/C26H25BrN4O4S/c1-19-14-21(20(2)31(19)23-9-6-8-22(27)15-23)16-28-29-26(32)18-30(17-24-10-7-13-35-24)36(33,34)25-11-4-3-5-12-25/h3-16H,17-18H2,1-2H3,(H,29,32)/b28-16+. The van der Waals surface area contributed by atoms with Crippen LogP contribution < -0.4 is 5.43 Å². The number of carbonyl (C=O) groups excluding carboxylic acids is 1. The zero-order valence-electron chi connectivity index (χ0n) is 19.8. The highest BCUT2D eigenvalue weighted by Crippen LogP contribution is 2.22. The highest BCUT2D eigenvalue weighted by atomic mass is 79.9. The van der Waals surface area contributed by atoms with Gasteiger partial charge in [0.15, 0.2) is 0 Å². The number of rotatable bonds is 9. The Kier molecular flexibility index (Phi) is 7.88. The minimum atomic E-state index is -3.94. The van der Waals surface area contributed by atoms with Crippen molar-refractivity contribution in [1.29, 1.82) is 0 Å². The fraction of sp³-hybridized carbons (Fsp3) is 0.154. The first-order valence-electron chi connectivity index (χ1n) is 11.1. The summed E-state index contributed by atoms with van der Waals surface area (Å²) in [6.07, 6.45) is 3.01. The number of hydrogen-bond donors (Lipinski definition) is 1. The van der Waals surface area contributed by atoms with E-state index in [0.717, 1.165) is 31.4 Å². The number of benzene rings is 2. The summed E-state index contributed by atoms with van der Waals surface area (Å²) >= 11 is 3.50. The summed E-state index contributed by atoms with van der Waals surface area (Å²) in [5.74, 6) is -0.149. The van der Waals surface area contributed by atoms with Gasteiger partial charge in [0.2, 0.25) is 10.0 Å². The van der Waals surface area contributed by atoms with E-state index in [-0.39, 0.29) is 11.4 Å². The van der Waals surface area contributed by atoms with E-state index < -0.39 is 22.5 Å². The van der Waals surface area contributed by atoms with Gasteiger partial charge in [0.1, 0.15) is 5.76 Å². The van der Waals surface area contributed by atoms with Crippen molar-refractivity contribution in [3.8, 4) is 5.69 Å². The van der Waals surface area contributed by atoms with Crippen molar-refractivity contribution in [2.45, 2.75) is 25.3 Å². The van der Waals surface area contributed by atoms with Crippen LogP contribution in [0.25, 0.3) is 5.69 Å². The second kappa shape index (κ2) is 11.1. The van der Waals surface area contributed by atoms with Gasteiger partial charge in [-0.05, 0) is 62.4 Å². The maximum Gasteiger partial charge on any atom is 0.255 e. The van der Waals surface area contributed by atoms with Crippen molar-refractivity contribution < 1.29 is 17.6 Å². The lowest BCUT2D eigenvalue weighted by Crippen LogP contribution is -2.39. The van der Waals surface area contributed by atoms with Gasteiger partial charge >= 0.3 is 0 Å². The van der Waals surface area contributed by atoms with Gasteiger partial charge in [0, 0.05) is 27.1 Å². The Morgan fingerprint density at radius 2 is 1.86 bits per heavy atom. The zero-order chi connectivity index (χ0) is 25.7. The third kappa shape index (κ3) is 5.84. The molecule has 4 rings (SSSR count). The Balaban J connectivity index is 1.49. The van der Waals surface area contributed by atoms with Crippen LogP contribution in [0.1, 0.15) is 22.7 Å². The largest absolute Gasteiger partial charge is 0.468 e. The highest BCUT2D eigenvalue weighted by Gasteiger charge is 2.27. The molecule has 0 aliphatic carbocycles. The molecule has 186 valence electrons. The van der Waals surface area contributed by atoms with E-state index in [2.05, 4.69) is 31.0 Å². The number of carbonyl (C=O) groups is 1. The van der Waals surface area contributed by atoms with Gasteiger partial charge in [-0.15, -0.1) is 0 Å². The third-order valence-electron chi connectivity index (χ3n) is 5.54. The average Bonchev–Trinajstić information content (AvgIpc) is 3.46. The molecule has 10 heteroatoms. The summed E-state index contributed by atoms with van der Waals surface area (Å²) in [6.45, 7) is 3.45. The Labute approximate surface area is 218 Å². The molecule has 0 fully saturated rings. The van der Waals surface area contributed by atoms with E-state index in [1.165, 1.54) is 18.4 Å². The van der Waals surface area contributed by atoms with Gasteiger partial charge in [-0.2, -0.15) is 9.41 Å². The monoisotopic (exact) mass is 568 g/mol. The van der Waals surface area contributed by atoms with E-state index in [1.54, 1.807) is 36.5 Å². The van der Waals surface area contributed by atoms with Crippen molar-refractivity contribution in [2.75, 3.05) is 6.54 Å². The number of halogens is 1. The summed E-state index contributed by atoms with van der Waals surface area (Å²) in [4.78, 5) is 12.8. The summed E-state index contributed by atoms with van der Waals surface area (Å²) < 4.78 is 35.8. The molecule has 0 bridgehead atoms. The number of nitrogens with zero attached hydrogens (tertiary/aromatic N) is 3. The Bertz CT molecular complexity index is 1480. The molecule has 1 amide bonds. The van der Waals surface area contributed by atoms with Crippen LogP contribution in [0.5, 0.6) is 0 Å². The predicted molar refractivity (Wildman–Crippen MR) is 141 cm³/mol. The number of amides is 1. The van der Waals surface area contributed by atoms with Crippen LogP contribution in [0.2, 0.25) is 0 Å². The number of hydrazone groups is 1. The zero-order valence-corrected chi connectivity index (χ0v) is 22.2. The molecule has 0 unspecified atom stereocenters. The molecule has 0 aliphatic heterocycles. The van der Waals surface area contributed by atoms with Gasteiger partial charge in [-0.25, -0.2) is 13.8 Å². The van der Waals surface area contributed by atoms with E-state index in [9.17, 15) is 13.2 Å². The van der Waals surface area contributed by atoms with Crippen LogP contribution >= 0.6 is 15.9 Å². The van der Waals surface area contributed by atoms with Gasteiger partial charge in [0.05, 0.1) is 30.5 Å². The molecule has 0 aliphatic rings. The van der Waals surface area contributed by atoms with Gasteiger partial charge in [-0.1, -0.05) is 40.2 Å². The van der Waals surface area contributed by atoms with E-state index >= 15 is 0 Å². The maximum absolute atomic E-state index is 13.2. The van der Waals surface area contributed by atoms with Gasteiger partial charge in [-0.3, -0.25) is 4.79 Å².